The second-order valence-electron chi connectivity index (χ2n) is 8.16. The summed E-state index contributed by atoms with van der Waals surface area (Å²) in [5.74, 6) is 0.777. The van der Waals surface area contributed by atoms with E-state index in [-0.39, 0.29) is 17.8 Å². The lowest BCUT2D eigenvalue weighted by Crippen LogP contribution is -2.23. The van der Waals surface area contributed by atoms with Crippen LogP contribution in [0.3, 0.4) is 0 Å². The van der Waals surface area contributed by atoms with Crippen molar-refractivity contribution in [3.05, 3.63) is 75.7 Å². The highest BCUT2D eigenvalue weighted by molar-refractivity contribution is 5.68. The summed E-state index contributed by atoms with van der Waals surface area (Å²) in [5, 5.41) is 0. The molecule has 0 radical (unpaired) electrons. The van der Waals surface area contributed by atoms with Crippen LogP contribution >= 0.6 is 0 Å². The molecule has 0 bridgehead atoms. The number of benzene rings is 2. The fraction of sp³-hybridized carbons (Fsp3) is 0.360. The van der Waals surface area contributed by atoms with Gasteiger partial charge in [-0.2, -0.15) is 4.98 Å². The molecule has 1 aliphatic rings. The van der Waals surface area contributed by atoms with E-state index in [2.05, 4.69) is 49.2 Å². The van der Waals surface area contributed by atoms with Gasteiger partial charge in [0.25, 0.3) is 5.56 Å². The highest BCUT2D eigenvalue weighted by atomic mass is 16.6. The van der Waals surface area contributed by atoms with Crippen molar-refractivity contribution in [2.45, 2.75) is 53.1 Å². The van der Waals surface area contributed by atoms with E-state index >= 15 is 0 Å². The third-order valence-electron chi connectivity index (χ3n) is 5.50. The third kappa shape index (κ3) is 4.80. The average Bonchev–Trinajstić information content (AvgIpc) is 3.16. The van der Waals surface area contributed by atoms with Crippen molar-refractivity contribution >= 4 is 0 Å². The Labute approximate surface area is 182 Å². The first-order valence-corrected chi connectivity index (χ1v) is 10.6. The zero-order chi connectivity index (χ0) is 22.0. The highest BCUT2D eigenvalue weighted by Gasteiger charge is 2.26. The standard InChI is InChI=1S/C25H28N2O4/c1-16(2)29-14-20-12-24(28)26-25-27(20)13-22(31-25)15-30-21-10-8-19(9-11-21)23-7-5-6-17(3)18(23)4/h5-12,16,22H,13-15H2,1-4H3. The largest absolute Gasteiger partial charge is 0.490 e. The van der Waals surface area contributed by atoms with Crippen LogP contribution in [0.5, 0.6) is 11.8 Å². The summed E-state index contributed by atoms with van der Waals surface area (Å²) < 4.78 is 19.4. The lowest BCUT2D eigenvalue weighted by Gasteiger charge is -2.13. The molecule has 31 heavy (non-hydrogen) atoms. The van der Waals surface area contributed by atoms with Crippen LogP contribution < -0.4 is 15.0 Å². The Morgan fingerprint density at radius 2 is 1.94 bits per heavy atom. The Kier molecular flexibility index (Phi) is 6.09. The van der Waals surface area contributed by atoms with E-state index in [1.807, 2.05) is 30.5 Å². The van der Waals surface area contributed by atoms with Gasteiger partial charge in [0.05, 0.1) is 24.9 Å². The zero-order valence-corrected chi connectivity index (χ0v) is 18.4. The number of nitrogens with zero attached hydrogens (tertiary/aromatic N) is 2. The molecule has 1 atom stereocenters. The number of fused-ring (bicyclic) bond motifs is 1. The number of ether oxygens (including phenoxy) is 3. The average molecular weight is 421 g/mol. The van der Waals surface area contributed by atoms with Crippen LogP contribution in [0.4, 0.5) is 0 Å². The molecule has 2 aromatic carbocycles. The van der Waals surface area contributed by atoms with E-state index in [1.165, 1.54) is 22.8 Å². The van der Waals surface area contributed by atoms with Gasteiger partial charge in [-0.05, 0) is 62.1 Å². The molecule has 1 aromatic heterocycles. The Hall–Kier alpha value is -3.12. The Morgan fingerprint density at radius 1 is 1.16 bits per heavy atom. The maximum atomic E-state index is 11.9. The Morgan fingerprint density at radius 3 is 2.68 bits per heavy atom. The molecular weight excluding hydrogens is 392 g/mol. The molecule has 162 valence electrons. The molecule has 3 aromatic rings. The van der Waals surface area contributed by atoms with Gasteiger partial charge in [-0.25, -0.2) is 0 Å². The SMILES string of the molecule is Cc1cccc(-c2ccc(OCC3Cn4c(COC(C)C)cc(=O)nc4O3)cc2)c1C. The molecule has 2 heterocycles. The van der Waals surface area contributed by atoms with Crippen molar-refractivity contribution in [2.24, 2.45) is 0 Å². The lowest BCUT2D eigenvalue weighted by molar-refractivity contribution is 0.0613. The monoisotopic (exact) mass is 420 g/mol. The van der Waals surface area contributed by atoms with Gasteiger partial charge >= 0.3 is 6.01 Å². The Bertz CT molecular complexity index is 1120. The topological polar surface area (TPSA) is 62.6 Å². The summed E-state index contributed by atoms with van der Waals surface area (Å²) in [6, 6.07) is 16.3. The summed E-state index contributed by atoms with van der Waals surface area (Å²) in [5.41, 5.74) is 5.40. The van der Waals surface area contributed by atoms with Crippen molar-refractivity contribution in [1.29, 1.82) is 0 Å². The van der Waals surface area contributed by atoms with Crippen molar-refractivity contribution in [3.8, 4) is 22.9 Å². The first-order valence-electron chi connectivity index (χ1n) is 10.6. The molecule has 0 fully saturated rings. The summed E-state index contributed by atoms with van der Waals surface area (Å²) in [7, 11) is 0. The summed E-state index contributed by atoms with van der Waals surface area (Å²) in [6.07, 6.45) is -0.140. The summed E-state index contributed by atoms with van der Waals surface area (Å²) in [6.45, 7) is 9.47. The molecule has 4 rings (SSSR count). The molecule has 0 aliphatic carbocycles. The number of hydrogen-bond acceptors (Lipinski definition) is 5. The van der Waals surface area contributed by atoms with Gasteiger partial charge in [0.15, 0.2) is 6.10 Å². The van der Waals surface area contributed by atoms with E-state index in [9.17, 15) is 4.79 Å². The minimum absolute atomic E-state index is 0.0764. The minimum atomic E-state index is -0.322. The van der Waals surface area contributed by atoms with Crippen LogP contribution in [0, 0.1) is 13.8 Å². The molecule has 6 nitrogen and oxygen atoms in total. The molecule has 0 amide bonds. The van der Waals surface area contributed by atoms with Gasteiger partial charge in [-0.15, -0.1) is 0 Å². The summed E-state index contributed by atoms with van der Waals surface area (Å²) in [4.78, 5) is 15.9. The molecule has 1 unspecified atom stereocenters. The highest BCUT2D eigenvalue weighted by Crippen LogP contribution is 2.27. The first-order chi connectivity index (χ1) is 14.9. The molecular formula is C25H28N2O4. The van der Waals surface area contributed by atoms with Gasteiger partial charge < -0.3 is 14.2 Å². The predicted molar refractivity (Wildman–Crippen MR) is 120 cm³/mol. The summed E-state index contributed by atoms with van der Waals surface area (Å²) >= 11 is 0. The fourth-order valence-electron chi connectivity index (χ4n) is 3.65. The molecule has 0 saturated carbocycles. The predicted octanol–water partition coefficient (Wildman–Crippen LogP) is 4.29. The normalized spacial score (nSPS) is 15.1. The fourth-order valence-corrected chi connectivity index (χ4v) is 3.65. The molecule has 0 N–H and O–H groups in total. The van der Waals surface area contributed by atoms with E-state index in [0.717, 1.165) is 17.0 Å². The number of rotatable bonds is 7. The second-order valence-corrected chi connectivity index (χ2v) is 8.16. The maximum Gasteiger partial charge on any atom is 0.300 e. The molecule has 0 spiro atoms. The van der Waals surface area contributed by atoms with Gasteiger partial charge in [-0.1, -0.05) is 30.3 Å². The van der Waals surface area contributed by atoms with E-state index in [0.29, 0.717) is 25.8 Å². The zero-order valence-electron chi connectivity index (χ0n) is 18.4. The quantitative estimate of drug-likeness (QED) is 0.571. The van der Waals surface area contributed by atoms with Gasteiger partial charge in [-0.3, -0.25) is 9.36 Å². The van der Waals surface area contributed by atoms with Crippen LogP contribution in [0.2, 0.25) is 0 Å². The number of aromatic nitrogens is 2. The van der Waals surface area contributed by atoms with Crippen molar-refractivity contribution in [3.63, 3.8) is 0 Å². The van der Waals surface area contributed by atoms with Crippen LogP contribution in [0.1, 0.15) is 30.7 Å². The number of aryl methyl sites for hydroxylation is 1. The number of hydrogen-bond donors (Lipinski definition) is 0. The van der Waals surface area contributed by atoms with Crippen LogP contribution in [0.25, 0.3) is 11.1 Å². The molecule has 0 saturated heterocycles. The molecule has 1 aliphatic heterocycles. The van der Waals surface area contributed by atoms with Crippen LogP contribution in [-0.4, -0.2) is 28.4 Å². The lowest BCUT2D eigenvalue weighted by atomic mass is 9.97. The van der Waals surface area contributed by atoms with Gasteiger partial charge in [0, 0.05) is 6.07 Å². The van der Waals surface area contributed by atoms with E-state index in [4.69, 9.17) is 14.2 Å². The van der Waals surface area contributed by atoms with Crippen molar-refractivity contribution in [2.75, 3.05) is 6.61 Å². The maximum absolute atomic E-state index is 11.9. The van der Waals surface area contributed by atoms with E-state index in [1.54, 1.807) is 0 Å². The van der Waals surface area contributed by atoms with Gasteiger partial charge in [0.1, 0.15) is 12.4 Å². The smallest absolute Gasteiger partial charge is 0.300 e. The van der Waals surface area contributed by atoms with Crippen LogP contribution in [0.15, 0.2) is 53.3 Å². The van der Waals surface area contributed by atoms with Crippen molar-refractivity contribution < 1.29 is 14.2 Å². The third-order valence-corrected chi connectivity index (χ3v) is 5.50. The molecule has 6 heteroatoms. The Balaban J connectivity index is 1.40. The minimum Gasteiger partial charge on any atom is -0.490 e. The van der Waals surface area contributed by atoms with Gasteiger partial charge in [0.2, 0.25) is 0 Å². The second kappa shape index (κ2) is 8.94. The van der Waals surface area contributed by atoms with Crippen LogP contribution in [-0.2, 0) is 17.9 Å². The van der Waals surface area contributed by atoms with Crippen molar-refractivity contribution in [1.82, 2.24) is 9.55 Å². The van der Waals surface area contributed by atoms with E-state index < -0.39 is 0 Å². The first kappa shape index (κ1) is 21.1.